The predicted molar refractivity (Wildman–Crippen MR) is 56.1 cm³/mol. The minimum absolute atomic E-state index is 0.0250. The summed E-state index contributed by atoms with van der Waals surface area (Å²) in [6.07, 6.45) is 2.73. The summed E-state index contributed by atoms with van der Waals surface area (Å²) in [5.41, 5.74) is 5.82. The molecule has 82 valence electrons. The van der Waals surface area contributed by atoms with Crippen LogP contribution in [-0.4, -0.2) is 31.2 Å². The number of pyridine rings is 1. The van der Waals surface area contributed by atoms with Crippen molar-refractivity contribution in [1.29, 1.82) is 0 Å². The van der Waals surface area contributed by atoms with Gasteiger partial charge in [0, 0.05) is 6.20 Å². The zero-order valence-corrected chi connectivity index (χ0v) is 8.73. The highest BCUT2D eigenvalue weighted by Gasteiger charge is 2.13. The zero-order valence-electron chi connectivity index (χ0n) is 7.91. The molecule has 0 unspecified atom stereocenters. The molecule has 0 saturated heterocycles. The topological polar surface area (TPSA) is 118 Å². The average molecular weight is 237 g/mol. The maximum Gasteiger partial charge on any atom is 0.337 e. The molecular formula is C8H7N5O2S. The van der Waals surface area contributed by atoms with Crippen LogP contribution in [0.25, 0.3) is 0 Å². The fourth-order valence-corrected chi connectivity index (χ4v) is 1.77. The number of nitrogens with zero attached hydrogens (tertiary/aromatic N) is 3. The summed E-state index contributed by atoms with van der Waals surface area (Å²) in [7, 11) is 0. The van der Waals surface area contributed by atoms with Crippen LogP contribution in [-0.2, 0) is 0 Å². The summed E-state index contributed by atoms with van der Waals surface area (Å²) in [6.45, 7) is 0. The molecular weight excluding hydrogens is 230 g/mol. The van der Waals surface area contributed by atoms with E-state index < -0.39 is 5.97 Å². The van der Waals surface area contributed by atoms with Gasteiger partial charge < -0.3 is 10.8 Å². The molecule has 0 aliphatic heterocycles. The Balaban J connectivity index is 2.35. The summed E-state index contributed by atoms with van der Waals surface area (Å²) >= 11 is 1.12. The van der Waals surface area contributed by atoms with Gasteiger partial charge in [0.25, 0.3) is 0 Å². The van der Waals surface area contributed by atoms with Crippen LogP contribution in [0.2, 0.25) is 0 Å². The molecule has 0 spiro atoms. The highest BCUT2D eigenvalue weighted by Crippen LogP contribution is 2.29. The van der Waals surface area contributed by atoms with E-state index in [9.17, 15) is 4.79 Å². The molecule has 0 radical (unpaired) electrons. The lowest BCUT2D eigenvalue weighted by Crippen LogP contribution is -2.04. The Morgan fingerprint density at radius 2 is 2.31 bits per heavy atom. The van der Waals surface area contributed by atoms with Gasteiger partial charge in [0.2, 0.25) is 0 Å². The van der Waals surface area contributed by atoms with Gasteiger partial charge in [-0.05, 0) is 17.8 Å². The van der Waals surface area contributed by atoms with E-state index in [2.05, 4.69) is 20.2 Å². The van der Waals surface area contributed by atoms with Crippen molar-refractivity contribution in [3.8, 4) is 0 Å². The summed E-state index contributed by atoms with van der Waals surface area (Å²) in [4.78, 5) is 18.7. The third-order valence-electron chi connectivity index (χ3n) is 1.77. The maximum absolute atomic E-state index is 10.8. The smallest absolute Gasteiger partial charge is 0.337 e. The van der Waals surface area contributed by atoms with E-state index >= 15 is 0 Å². The lowest BCUT2D eigenvalue weighted by Gasteiger charge is -2.04. The lowest BCUT2D eigenvalue weighted by atomic mass is 10.2. The molecule has 2 aromatic heterocycles. The molecule has 2 aromatic rings. The van der Waals surface area contributed by atoms with Gasteiger partial charge in [-0.1, -0.05) is 0 Å². The van der Waals surface area contributed by atoms with Crippen molar-refractivity contribution in [2.45, 2.75) is 10.2 Å². The summed E-state index contributed by atoms with van der Waals surface area (Å²) in [5, 5.41) is 16.0. The number of anilines is 1. The number of carboxylic acid groups (broad SMARTS) is 1. The number of aromatic nitrogens is 4. The van der Waals surface area contributed by atoms with E-state index in [1.54, 1.807) is 0 Å². The number of nitrogens with one attached hydrogen (secondary N) is 1. The first kappa shape index (κ1) is 10.4. The Morgan fingerprint density at radius 3 is 2.94 bits per heavy atom. The monoisotopic (exact) mass is 237 g/mol. The van der Waals surface area contributed by atoms with Crippen LogP contribution in [0.5, 0.6) is 0 Å². The SMILES string of the molecule is Nc1c(C(=O)O)ccnc1Sc1ncn[nH]1. The minimum Gasteiger partial charge on any atom is -0.478 e. The van der Waals surface area contributed by atoms with Crippen LogP contribution in [0.4, 0.5) is 5.69 Å². The number of nitrogens with two attached hydrogens (primary N) is 1. The van der Waals surface area contributed by atoms with Gasteiger partial charge in [0.1, 0.15) is 11.4 Å². The van der Waals surface area contributed by atoms with Crippen molar-refractivity contribution in [2.24, 2.45) is 0 Å². The number of hydrogen-bond acceptors (Lipinski definition) is 6. The zero-order chi connectivity index (χ0) is 11.5. The van der Waals surface area contributed by atoms with Gasteiger partial charge in [-0.2, -0.15) is 5.10 Å². The molecule has 0 amide bonds. The predicted octanol–water partition coefficient (Wildman–Crippen LogP) is 0.631. The normalized spacial score (nSPS) is 10.2. The van der Waals surface area contributed by atoms with Gasteiger partial charge in [0.05, 0.1) is 11.3 Å². The van der Waals surface area contributed by atoms with Gasteiger partial charge in [-0.3, -0.25) is 5.10 Å². The van der Waals surface area contributed by atoms with Gasteiger partial charge >= 0.3 is 5.97 Å². The van der Waals surface area contributed by atoms with Gasteiger partial charge in [-0.15, -0.1) is 0 Å². The van der Waals surface area contributed by atoms with E-state index in [0.29, 0.717) is 10.2 Å². The van der Waals surface area contributed by atoms with Crippen molar-refractivity contribution in [1.82, 2.24) is 20.2 Å². The molecule has 0 aromatic carbocycles. The third-order valence-corrected chi connectivity index (χ3v) is 2.68. The summed E-state index contributed by atoms with van der Waals surface area (Å²) in [5.74, 6) is -1.08. The van der Waals surface area contributed by atoms with Crippen LogP contribution >= 0.6 is 11.8 Å². The Kier molecular flexibility index (Phi) is 2.73. The molecule has 8 heteroatoms. The number of aromatic carboxylic acids is 1. The third kappa shape index (κ3) is 1.96. The molecule has 0 aliphatic rings. The Bertz CT molecular complexity index is 513. The number of rotatable bonds is 3. The maximum atomic E-state index is 10.8. The number of H-pyrrole nitrogens is 1. The van der Waals surface area contributed by atoms with Gasteiger partial charge in [-0.25, -0.2) is 14.8 Å². The first-order valence-electron chi connectivity index (χ1n) is 4.19. The van der Waals surface area contributed by atoms with Crippen molar-refractivity contribution >= 4 is 23.4 Å². The highest BCUT2D eigenvalue weighted by atomic mass is 32.2. The Morgan fingerprint density at radius 1 is 1.50 bits per heavy atom. The van der Waals surface area contributed by atoms with E-state index in [1.807, 2.05) is 0 Å². The molecule has 7 nitrogen and oxygen atoms in total. The number of carbonyl (C=O) groups is 1. The van der Waals surface area contributed by atoms with Crippen LogP contribution in [0, 0.1) is 0 Å². The van der Waals surface area contributed by atoms with E-state index in [-0.39, 0.29) is 11.3 Å². The number of hydrogen-bond donors (Lipinski definition) is 3. The number of aromatic amines is 1. The van der Waals surface area contributed by atoms with Crippen LogP contribution in [0.3, 0.4) is 0 Å². The molecule has 0 fully saturated rings. The second-order valence-corrected chi connectivity index (χ2v) is 3.75. The van der Waals surface area contributed by atoms with E-state index in [0.717, 1.165) is 11.8 Å². The first-order chi connectivity index (χ1) is 7.68. The van der Waals surface area contributed by atoms with Gasteiger partial charge in [0.15, 0.2) is 5.16 Å². The van der Waals surface area contributed by atoms with Crippen molar-refractivity contribution in [2.75, 3.05) is 5.73 Å². The molecule has 2 heterocycles. The molecule has 0 atom stereocenters. The lowest BCUT2D eigenvalue weighted by molar-refractivity contribution is 0.0697. The van der Waals surface area contributed by atoms with E-state index in [4.69, 9.17) is 10.8 Å². The Hall–Kier alpha value is -2.09. The average Bonchev–Trinajstić information content (AvgIpc) is 2.73. The van der Waals surface area contributed by atoms with Crippen LogP contribution in [0.15, 0.2) is 28.8 Å². The van der Waals surface area contributed by atoms with Crippen LogP contribution in [0.1, 0.15) is 10.4 Å². The molecule has 0 aliphatic carbocycles. The summed E-state index contributed by atoms with van der Waals surface area (Å²) < 4.78 is 0. The quantitative estimate of drug-likeness (QED) is 0.716. The second-order valence-electron chi connectivity index (χ2n) is 2.78. The van der Waals surface area contributed by atoms with Crippen molar-refractivity contribution in [3.63, 3.8) is 0 Å². The van der Waals surface area contributed by atoms with Crippen molar-refractivity contribution in [3.05, 3.63) is 24.2 Å². The number of nitrogen functional groups attached to an aromatic ring is 1. The van der Waals surface area contributed by atoms with Crippen molar-refractivity contribution < 1.29 is 9.90 Å². The highest BCUT2D eigenvalue weighted by molar-refractivity contribution is 7.99. The molecule has 0 saturated carbocycles. The summed E-state index contributed by atoms with van der Waals surface area (Å²) in [6, 6.07) is 1.35. The molecule has 2 rings (SSSR count). The number of carboxylic acids is 1. The van der Waals surface area contributed by atoms with Crippen LogP contribution < -0.4 is 5.73 Å². The second kappa shape index (κ2) is 4.19. The largest absolute Gasteiger partial charge is 0.478 e. The Labute approximate surface area is 94.1 Å². The molecule has 4 N–H and O–H groups in total. The molecule has 16 heavy (non-hydrogen) atoms. The first-order valence-corrected chi connectivity index (χ1v) is 5.01. The minimum atomic E-state index is -1.08. The van der Waals surface area contributed by atoms with E-state index in [1.165, 1.54) is 18.6 Å². The standard InChI is InChI=1S/C8H7N5O2S/c9-5-4(7(14)15)1-2-10-6(5)16-8-11-3-12-13-8/h1-3H,9H2,(H,14,15)(H,11,12,13). The fourth-order valence-electron chi connectivity index (χ4n) is 1.06. The fraction of sp³-hybridized carbons (Fsp3) is 0. The molecule has 0 bridgehead atoms.